The Kier molecular flexibility index (Phi) is 3.05. The van der Waals surface area contributed by atoms with Crippen LogP contribution in [0.2, 0.25) is 0 Å². The van der Waals surface area contributed by atoms with Crippen LogP contribution in [-0.2, 0) is 21.1 Å². The number of hydrogen-bond acceptors (Lipinski definition) is 1. The van der Waals surface area contributed by atoms with Gasteiger partial charge in [0, 0.05) is 13.1 Å². The molecule has 2 heterocycles. The van der Waals surface area contributed by atoms with Crippen molar-refractivity contribution in [2.75, 3.05) is 0 Å². The molecule has 114 valence electrons. The van der Waals surface area contributed by atoms with Crippen LogP contribution in [0, 0.1) is 0 Å². The third-order valence-electron chi connectivity index (χ3n) is 4.49. The summed E-state index contributed by atoms with van der Waals surface area (Å²) in [5, 5.41) is 0. The lowest BCUT2D eigenvalue weighted by Gasteiger charge is -1.96. The Morgan fingerprint density at radius 3 is 2.30 bits per heavy atom. The van der Waals surface area contributed by atoms with Crippen molar-refractivity contribution in [2.45, 2.75) is 0 Å². The van der Waals surface area contributed by atoms with Crippen LogP contribution in [0.4, 0.5) is 0 Å². The predicted octanol–water partition coefficient (Wildman–Crippen LogP) is 3.06. The van der Waals surface area contributed by atoms with Gasteiger partial charge in [-0.2, -0.15) is 0 Å². The molecule has 0 fully saturated rings. The highest BCUT2D eigenvalue weighted by Gasteiger charge is 2.17. The van der Waals surface area contributed by atoms with E-state index in [1.165, 1.54) is 11.0 Å². The number of benzene rings is 2. The first-order valence-corrected chi connectivity index (χ1v) is 7.70. The van der Waals surface area contributed by atoms with E-state index >= 15 is 0 Å². The molecule has 4 rings (SSSR count). The van der Waals surface area contributed by atoms with Gasteiger partial charge >= 0.3 is 0 Å². The summed E-state index contributed by atoms with van der Waals surface area (Å²) in [6.07, 6.45) is 4.20. The summed E-state index contributed by atoms with van der Waals surface area (Å²) < 4.78 is 6.53. The van der Waals surface area contributed by atoms with Gasteiger partial charge in [0.1, 0.15) is 5.82 Å². The number of imidazole rings is 2. The second kappa shape index (κ2) is 5.09. The van der Waals surface area contributed by atoms with Gasteiger partial charge in [-0.15, -0.1) is 0 Å². The first-order chi connectivity index (χ1) is 11.2. The molecule has 0 saturated carbocycles. The number of aryl methyl sites for hydroxylation is 3. The van der Waals surface area contributed by atoms with E-state index in [0.29, 0.717) is 0 Å². The molecule has 23 heavy (non-hydrogen) atoms. The van der Waals surface area contributed by atoms with E-state index in [0.717, 1.165) is 22.7 Å². The molecule has 0 radical (unpaired) electrons. The minimum Gasteiger partial charge on any atom is -0.328 e. The quantitative estimate of drug-likeness (QED) is 0.523. The first kappa shape index (κ1) is 13.8. The second-order valence-corrected chi connectivity index (χ2v) is 5.82. The van der Waals surface area contributed by atoms with Gasteiger partial charge in [0.2, 0.25) is 0 Å². The summed E-state index contributed by atoms with van der Waals surface area (Å²) in [7, 11) is 6.24. The van der Waals surface area contributed by atoms with Crippen LogP contribution in [0.1, 0.15) is 11.6 Å². The Hall–Kier alpha value is -2.88. The molecule has 0 aliphatic rings. The van der Waals surface area contributed by atoms with Crippen LogP contribution < -0.4 is 4.57 Å². The van der Waals surface area contributed by atoms with Crippen molar-refractivity contribution >= 4 is 34.2 Å². The Morgan fingerprint density at radius 2 is 1.57 bits per heavy atom. The lowest BCUT2D eigenvalue weighted by Crippen LogP contribution is -2.30. The highest BCUT2D eigenvalue weighted by atomic mass is 15.1. The molecule has 0 bridgehead atoms. The van der Waals surface area contributed by atoms with Crippen molar-refractivity contribution in [3.63, 3.8) is 0 Å². The smallest absolute Gasteiger partial charge is 0.282 e. The topological polar surface area (TPSA) is 26.6 Å². The number of rotatable bonds is 2. The average Bonchev–Trinajstić information content (AvgIpc) is 3.02. The molecule has 0 saturated heterocycles. The molecular formula is C19H19N4+. The Morgan fingerprint density at radius 1 is 0.870 bits per heavy atom. The van der Waals surface area contributed by atoms with Crippen molar-refractivity contribution in [1.29, 1.82) is 0 Å². The minimum atomic E-state index is 0.955. The summed E-state index contributed by atoms with van der Waals surface area (Å²) in [5.41, 5.74) is 4.61. The van der Waals surface area contributed by atoms with Crippen LogP contribution in [-0.4, -0.2) is 14.1 Å². The summed E-state index contributed by atoms with van der Waals surface area (Å²) in [5.74, 6) is 2.09. The fourth-order valence-electron chi connectivity index (χ4n) is 3.19. The van der Waals surface area contributed by atoms with Crippen LogP contribution in [0.15, 0.2) is 48.5 Å². The van der Waals surface area contributed by atoms with Crippen molar-refractivity contribution in [2.24, 2.45) is 21.1 Å². The zero-order valence-corrected chi connectivity index (χ0v) is 13.6. The summed E-state index contributed by atoms with van der Waals surface area (Å²) in [6.45, 7) is 0. The molecule has 2 aromatic heterocycles. The Labute approximate surface area is 134 Å². The number of aromatic nitrogens is 4. The van der Waals surface area contributed by atoms with Gasteiger partial charge in [0.15, 0.2) is 11.0 Å². The molecule has 4 aromatic rings. The van der Waals surface area contributed by atoms with E-state index in [-0.39, 0.29) is 0 Å². The van der Waals surface area contributed by atoms with Crippen LogP contribution in [0.3, 0.4) is 0 Å². The fourth-order valence-corrected chi connectivity index (χ4v) is 3.19. The van der Waals surface area contributed by atoms with Crippen molar-refractivity contribution in [1.82, 2.24) is 14.1 Å². The SMILES string of the molecule is Cn1c(/C=C\c2n(C)c3ccccc3[n+]2C)nc2ccccc21. The van der Waals surface area contributed by atoms with Crippen LogP contribution >= 0.6 is 0 Å². The molecule has 0 spiro atoms. The first-order valence-electron chi connectivity index (χ1n) is 7.70. The minimum absolute atomic E-state index is 0.955. The normalized spacial score (nSPS) is 12.0. The molecular weight excluding hydrogens is 284 g/mol. The van der Waals surface area contributed by atoms with Crippen molar-refractivity contribution < 1.29 is 4.57 Å². The number of hydrogen-bond donors (Lipinski definition) is 0. The van der Waals surface area contributed by atoms with Gasteiger partial charge < -0.3 is 4.57 Å². The van der Waals surface area contributed by atoms with E-state index in [2.05, 4.69) is 77.3 Å². The molecule has 0 aliphatic heterocycles. The number of nitrogens with zero attached hydrogens (tertiary/aromatic N) is 4. The molecule has 2 aromatic carbocycles. The zero-order valence-electron chi connectivity index (χ0n) is 13.6. The molecule has 0 N–H and O–H groups in total. The van der Waals surface area contributed by atoms with Gasteiger partial charge in [-0.05, 0) is 30.3 Å². The van der Waals surface area contributed by atoms with Gasteiger partial charge in [0.05, 0.1) is 25.1 Å². The maximum Gasteiger partial charge on any atom is 0.282 e. The summed E-state index contributed by atoms with van der Waals surface area (Å²) in [4.78, 5) is 4.70. The van der Waals surface area contributed by atoms with Crippen molar-refractivity contribution in [3.8, 4) is 0 Å². The highest BCUT2D eigenvalue weighted by Crippen LogP contribution is 2.17. The molecule has 0 unspecified atom stereocenters. The summed E-state index contributed by atoms with van der Waals surface area (Å²) >= 11 is 0. The lowest BCUT2D eigenvalue weighted by molar-refractivity contribution is -0.647. The van der Waals surface area contributed by atoms with Gasteiger partial charge in [-0.1, -0.05) is 24.3 Å². The van der Waals surface area contributed by atoms with Gasteiger partial charge in [-0.3, -0.25) is 0 Å². The van der Waals surface area contributed by atoms with Gasteiger partial charge in [0.25, 0.3) is 5.82 Å². The third kappa shape index (κ3) is 2.06. The molecule has 4 heteroatoms. The van der Waals surface area contributed by atoms with E-state index in [1.807, 2.05) is 18.2 Å². The van der Waals surface area contributed by atoms with E-state index in [4.69, 9.17) is 4.98 Å². The Balaban J connectivity index is 1.83. The van der Waals surface area contributed by atoms with Crippen LogP contribution in [0.5, 0.6) is 0 Å². The van der Waals surface area contributed by atoms with E-state index in [9.17, 15) is 0 Å². The Bertz CT molecular complexity index is 1010. The third-order valence-corrected chi connectivity index (χ3v) is 4.49. The van der Waals surface area contributed by atoms with Gasteiger partial charge in [-0.25, -0.2) is 14.1 Å². The largest absolute Gasteiger partial charge is 0.328 e. The standard InChI is InChI=1S/C19H19N4/c1-21-15-9-5-4-8-14(15)20-18(21)12-13-19-22(2)16-10-6-7-11-17(16)23(19)3/h4-13H,1-3H3/q+1. The number of fused-ring (bicyclic) bond motifs is 2. The van der Waals surface area contributed by atoms with Crippen molar-refractivity contribution in [3.05, 3.63) is 60.2 Å². The molecule has 4 nitrogen and oxygen atoms in total. The fraction of sp³-hybridized carbons (Fsp3) is 0.158. The van der Waals surface area contributed by atoms with E-state index < -0.39 is 0 Å². The summed E-state index contributed by atoms with van der Waals surface area (Å²) in [6, 6.07) is 16.6. The van der Waals surface area contributed by atoms with Crippen LogP contribution in [0.25, 0.3) is 34.2 Å². The molecule has 0 atom stereocenters. The maximum absolute atomic E-state index is 4.70. The monoisotopic (exact) mass is 303 g/mol. The maximum atomic E-state index is 4.70. The molecule has 0 aliphatic carbocycles. The highest BCUT2D eigenvalue weighted by molar-refractivity contribution is 5.80. The molecule has 0 amide bonds. The van der Waals surface area contributed by atoms with E-state index in [1.54, 1.807) is 0 Å². The second-order valence-electron chi connectivity index (χ2n) is 5.82. The predicted molar refractivity (Wildman–Crippen MR) is 93.7 cm³/mol. The average molecular weight is 303 g/mol. The number of para-hydroxylation sites is 4. The zero-order chi connectivity index (χ0) is 16.0. The lowest BCUT2D eigenvalue weighted by atomic mass is 10.3.